The van der Waals surface area contributed by atoms with Crippen LogP contribution in [0.3, 0.4) is 0 Å². The lowest BCUT2D eigenvalue weighted by Crippen LogP contribution is -2.12. The third-order valence-electron chi connectivity index (χ3n) is 3.69. The fourth-order valence-corrected chi connectivity index (χ4v) is 2.76. The molecular weight excluding hydrogens is 296 g/mol. The second-order valence-electron chi connectivity index (χ2n) is 4.87. The fourth-order valence-electron chi connectivity index (χ4n) is 2.28. The Balaban J connectivity index is 2.34. The molecule has 100 valence electrons. The average molecular weight is 315 g/mol. The van der Waals surface area contributed by atoms with Crippen LogP contribution in [0.5, 0.6) is 11.5 Å². The number of aliphatic hydroxyl groups is 1. The highest BCUT2D eigenvalue weighted by molar-refractivity contribution is 9.10. The van der Waals surface area contributed by atoms with Gasteiger partial charge in [0.15, 0.2) is 0 Å². The van der Waals surface area contributed by atoms with Gasteiger partial charge in [-0.05, 0) is 52.7 Å². The van der Waals surface area contributed by atoms with Crippen LogP contribution in [-0.4, -0.2) is 19.3 Å². The number of hydrogen-bond donors (Lipinski definition) is 1. The fraction of sp³-hybridized carbons (Fsp3) is 0.571. The molecule has 1 aromatic carbocycles. The van der Waals surface area contributed by atoms with Crippen LogP contribution in [0.2, 0.25) is 0 Å². The highest BCUT2D eigenvalue weighted by atomic mass is 79.9. The zero-order valence-corrected chi connectivity index (χ0v) is 12.5. The molecule has 1 N–H and O–H groups in total. The van der Waals surface area contributed by atoms with Gasteiger partial charge in [0.25, 0.3) is 0 Å². The summed E-state index contributed by atoms with van der Waals surface area (Å²) in [5, 5.41) is 10.5. The SMILES string of the molecule is COc1cc(C(O)C(C)C2CC2)c(OC)cc1Br. The Morgan fingerprint density at radius 3 is 2.33 bits per heavy atom. The number of halogens is 1. The maximum Gasteiger partial charge on any atom is 0.133 e. The lowest BCUT2D eigenvalue weighted by Gasteiger charge is -2.22. The lowest BCUT2D eigenvalue weighted by atomic mass is 9.92. The van der Waals surface area contributed by atoms with Crippen molar-refractivity contribution in [2.75, 3.05) is 14.2 Å². The first-order valence-electron chi connectivity index (χ1n) is 6.18. The second-order valence-corrected chi connectivity index (χ2v) is 5.72. The first kappa shape index (κ1) is 13.7. The van der Waals surface area contributed by atoms with Crippen LogP contribution in [0.4, 0.5) is 0 Å². The van der Waals surface area contributed by atoms with Crippen molar-refractivity contribution in [3.63, 3.8) is 0 Å². The zero-order valence-electron chi connectivity index (χ0n) is 10.9. The van der Waals surface area contributed by atoms with Gasteiger partial charge in [-0.15, -0.1) is 0 Å². The van der Waals surface area contributed by atoms with Gasteiger partial charge in [0.2, 0.25) is 0 Å². The predicted molar refractivity (Wildman–Crippen MR) is 74.1 cm³/mol. The molecule has 4 heteroatoms. The van der Waals surface area contributed by atoms with E-state index in [1.165, 1.54) is 12.8 Å². The molecule has 0 aliphatic heterocycles. The van der Waals surface area contributed by atoms with E-state index >= 15 is 0 Å². The Morgan fingerprint density at radius 1 is 1.22 bits per heavy atom. The normalized spacial score (nSPS) is 18.3. The number of hydrogen-bond acceptors (Lipinski definition) is 3. The van der Waals surface area contributed by atoms with Gasteiger partial charge in [0.1, 0.15) is 11.5 Å². The van der Waals surface area contributed by atoms with Gasteiger partial charge in [-0.25, -0.2) is 0 Å². The summed E-state index contributed by atoms with van der Waals surface area (Å²) in [6.07, 6.45) is 1.93. The molecule has 2 rings (SSSR count). The maximum absolute atomic E-state index is 10.5. The summed E-state index contributed by atoms with van der Waals surface area (Å²) in [4.78, 5) is 0. The summed E-state index contributed by atoms with van der Waals surface area (Å²) < 4.78 is 11.5. The minimum atomic E-state index is -0.505. The minimum absolute atomic E-state index is 0.254. The van der Waals surface area contributed by atoms with Crippen molar-refractivity contribution in [2.45, 2.75) is 25.9 Å². The van der Waals surface area contributed by atoms with E-state index < -0.39 is 6.10 Å². The zero-order chi connectivity index (χ0) is 13.3. The van der Waals surface area contributed by atoms with Gasteiger partial charge in [0.05, 0.1) is 24.8 Å². The molecule has 0 heterocycles. The molecule has 2 unspecified atom stereocenters. The van der Waals surface area contributed by atoms with Crippen molar-refractivity contribution in [3.8, 4) is 11.5 Å². The Morgan fingerprint density at radius 2 is 1.83 bits per heavy atom. The van der Waals surface area contributed by atoms with Gasteiger partial charge in [-0.3, -0.25) is 0 Å². The molecule has 0 aromatic heterocycles. The van der Waals surface area contributed by atoms with Crippen molar-refractivity contribution >= 4 is 15.9 Å². The van der Waals surface area contributed by atoms with Crippen LogP contribution in [-0.2, 0) is 0 Å². The van der Waals surface area contributed by atoms with Crippen molar-refractivity contribution in [1.29, 1.82) is 0 Å². The van der Waals surface area contributed by atoms with Gasteiger partial charge in [-0.1, -0.05) is 6.92 Å². The van der Waals surface area contributed by atoms with E-state index in [-0.39, 0.29) is 5.92 Å². The Labute approximate surface area is 116 Å². The second kappa shape index (κ2) is 5.49. The molecule has 1 aliphatic rings. The van der Waals surface area contributed by atoms with E-state index in [0.29, 0.717) is 17.4 Å². The number of ether oxygens (including phenoxy) is 2. The summed E-state index contributed by atoms with van der Waals surface area (Å²) in [6, 6.07) is 3.70. The highest BCUT2D eigenvalue weighted by Gasteiger charge is 2.34. The van der Waals surface area contributed by atoms with Crippen LogP contribution < -0.4 is 9.47 Å². The minimum Gasteiger partial charge on any atom is -0.496 e. The monoisotopic (exact) mass is 314 g/mol. The number of aliphatic hydroxyl groups excluding tert-OH is 1. The van der Waals surface area contributed by atoms with Crippen molar-refractivity contribution < 1.29 is 14.6 Å². The van der Waals surface area contributed by atoms with Crippen molar-refractivity contribution in [1.82, 2.24) is 0 Å². The quantitative estimate of drug-likeness (QED) is 0.903. The summed E-state index contributed by atoms with van der Waals surface area (Å²) in [5.74, 6) is 2.31. The first-order chi connectivity index (χ1) is 8.58. The third-order valence-corrected chi connectivity index (χ3v) is 4.31. The van der Waals surface area contributed by atoms with Crippen LogP contribution in [0.1, 0.15) is 31.4 Å². The molecule has 1 saturated carbocycles. The van der Waals surface area contributed by atoms with E-state index in [1.807, 2.05) is 12.1 Å². The maximum atomic E-state index is 10.5. The molecule has 1 aliphatic carbocycles. The van der Waals surface area contributed by atoms with Crippen molar-refractivity contribution in [2.24, 2.45) is 11.8 Å². The molecule has 1 aromatic rings. The topological polar surface area (TPSA) is 38.7 Å². The summed E-state index contributed by atoms with van der Waals surface area (Å²) in [7, 11) is 3.24. The van der Waals surface area contributed by atoms with E-state index in [4.69, 9.17) is 9.47 Å². The predicted octanol–water partition coefficient (Wildman–Crippen LogP) is 3.55. The van der Waals surface area contributed by atoms with Gasteiger partial charge in [-0.2, -0.15) is 0 Å². The largest absolute Gasteiger partial charge is 0.496 e. The van der Waals surface area contributed by atoms with E-state index in [9.17, 15) is 5.11 Å². The number of methoxy groups -OCH3 is 2. The van der Waals surface area contributed by atoms with Crippen LogP contribution in [0.25, 0.3) is 0 Å². The van der Waals surface area contributed by atoms with Crippen LogP contribution in [0.15, 0.2) is 16.6 Å². The smallest absolute Gasteiger partial charge is 0.133 e. The number of benzene rings is 1. The standard InChI is InChI=1S/C14H19BrO3/c1-8(9-4-5-9)14(16)10-6-13(18-3)11(15)7-12(10)17-2/h6-9,14,16H,4-5H2,1-3H3. The summed E-state index contributed by atoms with van der Waals surface area (Å²) >= 11 is 3.42. The van der Waals surface area contributed by atoms with Gasteiger partial charge >= 0.3 is 0 Å². The molecule has 1 fully saturated rings. The first-order valence-corrected chi connectivity index (χ1v) is 6.97. The molecule has 18 heavy (non-hydrogen) atoms. The molecular formula is C14H19BrO3. The third kappa shape index (κ3) is 2.64. The molecule has 0 amide bonds. The molecule has 0 saturated heterocycles. The molecule has 0 radical (unpaired) electrons. The van der Waals surface area contributed by atoms with Crippen LogP contribution >= 0.6 is 15.9 Å². The Kier molecular flexibility index (Phi) is 4.17. The summed E-state index contributed by atoms with van der Waals surface area (Å²) in [6.45, 7) is 2.09. The average Bonchev–Trinajstić information content (AvgIpc) is 3.20. The van der Waals surface area contributed by atoms with E-state index in [2.05, 4.69) is 22.9 Å². The molecule has 2 atom stereocenters. The highest BCUT2D eigenvalue weighted by Crippen LogP contribution is 2.45. The van der Waals surface area contributed by atoms with Crippen LogP contribution in [0, 0.1) is 11.8 Å². The molecule has 0 spiro atoms. The molecule has 0 bridgehead atoms. The van der Waals surface area contributed by atoms with Gasteiger partial charge in [0, 0.05) is 5.56 Å². The van der Waals surface area contributed by atoms with Crippen molar-refractivity contribution in [3.05, 3.63) is 22.2 Å². The molecule has 3 nitrogen and oxygen atoms in total. The van der Waals surface area contributed by atoms with Gasteiger partial charge < -0.3 is 14.6 Å². The van der Waals surface area contributed by atoms with E-state index in [0.717, 1.165) is 10.0 Å². The Bertz CT molecular complexity index is 429. The number of rotatable bonds is 5. The van der Waals surface area contributed by atoms with E-state index in [1.54, 1.807) is 14.2 Å². The Hall–Kier alpha value is -0.740. The lowest BCUT2D eigenvalue weighted by molar-refractivity contribution is 0.103. The summed E-state index contributed by atoms with van der Waals surface area (Å²) in [5.41, 5.74) is 0.803.